The summed E-state index contributed by atoms with van der Waals surface area (Å²) >= 11 is 3.57. The summed E-state index contributed by atoms with van der Waals surface area (Å²) in [7, 11) is 0. The number of hydrogen-bond acceptors (Lipinski definition) is 2. The number of ether oxygens (including phenoxy) is 1. The Morgan fingerprint density at radius 2 is 2.00 bits per heavy atom. The number of alkyl halides is 1. The van der Waals surface area contributed by atoms with E-state index in [0.717, 1.165) is 25.7 Å². The van der Waals surface area contributed by atoms with Crippen LogP contribution in [0.2, 0.25) is 0 Å². The third-order valence-electron chi connectivity index (χ3n) is 3.12. The number of likely N-dealkylation sites (tertiary alicyclic amines) is 1. The van der Waals surface area contributed by atoms with Gasteiger partial charge in [0.1, 0.15) is 0 Å². The van der Waals surface area contributed by atoms with Gasteiger partial charge in [0.25, 0.3) is 0 Å². The second-order valence-electron chi connectivity index (χ2n) is 4.41. The van der Waals surface area contributed by atoms with Crippen LogP contribution in [0.15, 0.2) is 0 Å². The van der Waals surface area contributed by atoms with Crippen LogP contribution in [0.4, 0.5) is 0 Å². The van der Waals surface area contributed by atoms with E-state index < -0.39 is 0 Å². The molecule has 0 amide bonds. The average molecular weight is 278 g/mol. The van der Waals surface area contributed by atoms with Gasteiger partial charge in [-0.2, -0.15) is 0 Å². The summed E-state index contributed by atoms with van der Waals surface area (Å²) in [6.07, 6.45) is 5.13. The van der Waals surface area contributed by atoms with Crippen LogP contribution in [-0.2, 0) is 4.74 Å². The molecule has 2 nitrogen and oxygen atoms in total. The molecule has 0 aliphatic carbocycles. The van der Waals surface area contributed by atoms with Crippen LogP contribution in [0.5, 0.6) is 0 Å². The Kier molecular flexibility index (Phi) is 7.67. The van der Waals surface area contributed by atoms with Gasteiger partial charge in [-0.3, -0.25) is 0 Å². The molecule has 0 atom stereocenters. The summed E-state index contributed by atoms with van der Waals surface area (Å²) in [6.45, 7) is 7.70. The molecular formula is C12H24BrNO. The SMILES string of the molecule is CCCCOCCN1CCC(CBr)CC1. The van der Waals surface area contributed by atoms with Gasteiger partial charge in [0.05, 0.1) is 6.61 Å². The molecule has 3 heteroatoms. The van der Waals surface area contributed by atoms with Gasteiger partial charge in [-0.25, -0.2) is 0 Å². The first-order valence-corrected chi connectivity index (χ1v) is 7.35. The molecule has 1 aliphatic rings. The normalized spacial score (nSPS) is 19.6. The van der Waals surface area contributed by atoms with Crippen LogP contribution in [-0.4, -0.2) is 43.1 Å². The van der Waals surface area contributed by atoms with E-state index in [-0.39, 0.29) is 0 Å². The Balaban J connectivity index is 1.94. The molecule has 0 saturated carbocycles. The summed E-state index contributed by atoms with van der Waals surface area (Å²) in [6, 6.07) is 0. The van der Waals surface area contributed by atoms with Crippen molar-refractivity contribution in [3.8, 4) is 0 Å². The smallest absolute Gasteiger partial charge is 0.0593 e. The Labute approximate surface area is 102 Å². The summed E-state index contributed by atoms with van der Waals surface area (Å²) in [4.78, 5) is 2.53. The first kappa shape index (κ1) is 13.5. The minimum absolute atomic E-state index is 0.905. The van der Waals surface area contributed by atoms with Crippen molar-refractivity contribution < 1.29 is 4.74 Å². The summed E-state index contributed by atoms with van der Waals surface area (Å²) in [5, 5.41) is 1.17. The van der Waals surface area contributed by atoms with E-state index in [1.807, 2.05) is 0 Å². The fraction of sp³-hybridized carbons (Fsp3) is 1.00. The zero-order valence-electron chi connectivity index (χ0n) is 9.88. The van der Waals surface area contributed by atoms with E-state index in [0.29, 0.717) is 0 Å². The molecule has 1 heterocycles. The first-order valence-electron chi connectivity index (χ1n) is 6.23. The van der Waals surface area contributed by atoms with Crippen molar-refractivity contribution in [2.75, 3.05) is 38.2 Å². The van der Waals surface area contributed by atoms with Gasteiger partial charge in [0, 0.05) is 18.5 Å². The van der Waals surface area contributed by atoms with Crippen molar-refractivity contribution in [2.45, 2.75) is 32.6 Å². The molecule has 15 heavy (non-hydrogen) atoms. The van der Waals surface area contributed by atoms with Crippen LogP contribution < -0.4 is 0 Å². The largest absolute Gasteiger partial charge is 0.380 e. The lowest BCUT2D eigenvalue weighted by Gasteiger charge is -2.30. The fourth-order valence-corrected chi connectivity index (χ4v) is 2.55. The number of halogens is 1. The zero-order valence-corrected chi connectivity index (χ0v) is 11.5. The van der Waals surface area contributed by atoms with Crippen molar-refractivity contribution in [3.63, 3.8) is 0 Å². The molecule has 0 bridgehead atoms. The van der Waals surface area contributed by atoms with Crippen LogP contribution >= 0.6 is 15.9 Å². The molecule has 1 fully saturated rings. The van der Waals surface area contributed by atoms with Crippen molar-refractivity contribution >= 4 is 15.9 Å². The predicted octanol–water partition coefficient (Wildman–Crippen LogP) is 2.91. The molecule has 0 spiro atoms. The number of hydrogen-bond donors (Lipinski definition) is 0. The third kappa shape index (κ3) is 5.88. The molecule has 0 aromatic heterocycles. The van der Waals surface area contributed by atoms with Crippen LogP contribution in [0.1, 0.15) is 32.6 Å². The topological polar surface area (TPSA) is 12.5 Å². The van der Waals surface area contributed by atoms with Gasteiger partial charge in [0.15, 0.2) is 0 Å². The molecule has 0 unspecified atom stereocenters. The number of rotatable bonds is 7. The average Bonchev–Trinajstić information content (AvgIpc) is 2.30. The van der Waals surface area contributed by atoms with E-state index in [1.165, 1.54) is 44.1 Å². The zero-order chi connectivity index (χ0) is 10.9. The Hall–Kier alpha value is 0.400. The van der Waals surface area contributed by atoms with Crippen molar-refractivity contribution in [3.05, 3.63) is 0 Å². The summed E-state index contributed by atoms with van der Waals surface area (Å²) in [5.74, 6) is 0.905. The molecule has 1 aliphatic heterocycles. The minimum Gasteiger partial charge on any atom is -0.380 e. The molecule has 0 radical (unpaired) electrons. The van der Waals surface area contributed by atoms with Gasteiger partial charge >= 0.3 is 0 Å². The lowest BCUT2D eigenvalue weighted by Crippen LogP contribution is -2.36. The van der Waals surface area contributed by atoms with Crippen LogP contribution in [0.25, 0.3) is 0 Å². The molecule has 0 N–H and O–H groups in total. The van der Waals surface area contributed by atoms with Crippen LogP contribution in [0, 0.1) is 5.92 Å². The maximum atomic E-state index is 5.58. The lowest BCUT2D eigenvalue weighted by molar-refractivity contribution is 0.0888. The van der Waals surface area contributed by atoms with Crippen molar-refractivity contribution in [1.82, 2.24) is 4.90 Å². The maximum absolute atomic E-state index is 5.58. The summed E-state index contributed by atoms with van der Waals surface area (Å²) in [5.41, 5.74) is 0. The number of unbranched alkanes of at least 4 members (excludes halogenated alkanes) is 1. The van der Waals surface area contributed by atoms with Gasteiger partial charge in [0.2, 0.25) is 0 Å². The Morgan fingerprint density at radius 1 is 1.27 bits per heavy atom. The number of piperidine rings is 1. The molecule has 0 aromatic rings. The molecule has 90 valence electrons. The van der Waals surface area contributed by atoms with E-state index in [4.69, 9.17) is 4.74 Å². The minimum atomic E-state index is 0.905. The number of nitrogens with zero attached hydrogens (tertiary/aromatic N) is 1. The third-order valence-corrected chi connectivity index (χ3v) is 4.04. The molecule has 0 aromatic carbocycles. The second-order valence-corrected chi connectivity index (χ2v) is 5.05. The Bertz CT molecular complexity index is 147. The standard InChI is InChI=1S/C12H24BrNO/c1-2-3-9-15-10-8-14-6-4-12(11-13)5-7-14/h12H,2-11H2,1H3. The quantitative estimate of drug-likeness (QED) is 0.524. The van der Waals surface area contributed by atoms with Crippen LogP contribution in [0.3, 0.4) is 0 Å². The monoisotopic (exact) mass is 277 g/mol. The van der Waals surface area contributed by atoms with Gasteiger partial charge in [-0.05, 0) is 38.3 Å². The van der Waals surface area contributed by atoms with E-state index in [9.17, 15) is 0 Å². The van der Waals surface area contributed by atoms with Gasteiger partial charge in [-0.1, -0.05) is 29.3 Å². The predicted molar refractivity (Wildman–Crippen MR) is 68.7 cm³/mol. The highest BCUT2D eigenvalue weighted by atomic mass is 79.9. The highest BCUT2D eigenvalue weighted by Crippen LogP contribution is 2.18. The first-order chi connectivity index (χ1) is 7.36. The highest BCUT2D eigenvalue weighted by molar-refractivity contribution is 9.09. The fourth-order valence-electron chi connectivity index (χ4n) is 1.91. The molecule has 1 saturated heterocycles. The van der Waals surface area contributed by atoms with E-state index >= 15 is 0 Å². The Morgan fingerprint density at radius 3 is 2.60 bits per heavy atom. The van der Waals surface area contributed by atoms with E-state index in [1.54, 1.807) is 0 Å². The second kappa shape index (κ2) is 8.54. The highest BCUT2D eigenvalue weighted by Gasteiger charge is 2.17. The van der Waals surface area contributed by atoms with Crippen molar-refractivity contribution in [2.24, 2.45) is 5.92 Å². The van der Waals surface area contributed by atoms with Crippen molar-refractivity contribution in [1.29, 1.82) is 0 Å². The summed E-state index contributed by atoms with van der Waals surface area (Å²) < 4.78 is 5.58. The molecular weight excluding hydrogens is 254 g/mol. The lowest BCUT2D eigenvalue weighted by atomic mass is 9.99. The van der Waals surface area contributed by atoms with Gasteiger partial charge < -0.3 is 9.64 Å². The maximum Gasteiger partial charge on any atom is 0.0593 e. The van der Waals surface area contributed by atoms with Gasteiger partial charge in [-0.15, -0.1) is 0 Å². The molecule has 1 rings (SSSR count). The van der Waals surface area contributed by atoms with E-state index in [2.05, 4.69) is 27.8 Å².